The zero-order valence-electron chi connectivity index (χ0n) is 15.3. The van der Waals surface area contributed by atoms with Crippen LogP contribution in [-0.2, 0) is 0 Å². The summed E-state index contributed by atoms with van der Waals surface area (Å²) >= 11 is 6.88. The fourth-order valence-corrected chi connectivity index (χ4v) is 4.94. The van der Waals surface area contributed by atoms with Gasteiger partial charge in [-0.3, -0.25) is 0 Å². The second-order valence-corrected chi connectivity index (χ2v) is 8.55. The first-order chi connectivity index (χ1) is 14.5. The molecule has 0 atom stereocenters. The van der Waals surface area contributed by atoms with Crippen LogP contribution in [0.1, 0.15) is 0 Å². The highest BCUT2D eigenvalue weighted by atomic mass is 79.9. The van der Waals surface area contributed by atoms with Crippen LogP contribution in [0.3, 0.4) is 0 Å². The molecule has 0 saturated carbocycles. The summed E-state index contributed by atoms with van der Waals surface area (Å²) in [6.07, 6.45) is 0. The van der Waals surface area contributed by atoms with E-state index in [1.807, 2.05) is 54.6 Å². The summed E-state index contributed by atoms with van der Waals surface area (Å²) in [7, 11) is 0. The first-order valence-electron chi connectivity index (χ1n) is 9.07. The lowest BCUT2D eigenvalue weighted by atomic mass is 9.97. The highest BCUT2D eigenvalue weighted by Gasteiger charge is 2.17. The molecule has 4 nitrogen and oxygen atoms in total. The minimum atomic E-state index is -0.509. The van der Waals surface area contributed by atoms with Crippen LogP contribution in [0.2, 0.25) is 0 Å². The molecular weight excluding hydrogens is 512 g/mol. The van der Waals surface area contributed by atoms with Crippen LogP contribution in [0, 0.1) is 0 Å². The monoisotopic (exact) mass is 522 g/mol. The third-order valence-electron chi connectivity index (χ3n) is 4.90. The summed E-state index contributed by atoms with van der Waals surface area (Å²) in [5.41, 5.74) is 2.30. The molecule has 0 unspecified atom stereocenters. The second kappa shape index (κ2) is 7.38. The van der Waals surface area contributed by atoms with Crippen LogP contribution in [0.25, 0.3) is 44.2 Å². The summed E-state index contributed by atoms with van der Waals surface area (Å²) in [5.74, 6) is 0. The molecule has 0 fully saturated rings. The van der Waals surface area contributed by atoms with E-state index in [-0.39, 0.29) is 0 Å². The highest BCUT2D eigenvalue weighted by Crippen LogP contribution is 2.35. The number of fused-ring (bicyclic) bond motifs is 2. The van der Waals surface area contributed by atoms with Crippen molar-refractivity contribution in [2.45, 2.75) is 0 Å². The highest BCUT2D eigenvalue weighted by molar-refractivity contribution is 9.11. The Morgan fingerprint density at radius 1 is 0.667 bits per heavy atom. The average molecular weight is 524 g/mol. The van der Waals surface area contributed by atoms with Gasteiger partial charge in [-0.25, -0.2) is 9.59 Å². The summed E-state index contributed by atoms with van der Waals surface area (Å²) in [6.45, 7) is 0. The molecule has 0 radical (unpaired) electrons. The van der Waals surface area contributed by atoms with E-state index in [1.165, 1.54) is 6.07 Å². The van der Waals surface area contributed by atoms with Crippen LogP contribution in [0.5, 0.6) is 0 Å². The van der Waals surface area contributed by atoms with E-state index in [2.05, 4.69) is 31.9 Å². The fraction of sp³-hybridized carbons (Fsp3) is 0. The van der Waals surface area contributed by atoms with E-state index < -0.39 is 11.3 Å². The van der Waals surface area contributed by atoms with Gasteiger partial charge < -0.3 is 8.83 Å². The topological polar surface area (TPSA) is 60.4 Å². The molecule has 0 amide bonds. The Labute approximate surface area is 187 Å². The molecule has 0 bridgehead atoms. The maximum absolute atomic E-state index is 12.8. The van der Waals surface area contributed by atoms with E-state index in [9.17, 15) is 9.59 Å². The lowest BCUT2D eigenvalue weighted by Gasteiger charge is -2.10. The van der Waals surface area contributed by atoms with Crippen LogP contribution < -0.4 is 11.3 Å². The molecule has 6 heteroatoms. The van der Waals surface area contributed by atoms with Gasteiger partial charge in [-0.15, -0.1) is 0 Å². The number of rotatable bonds is 2. The van der Waals surface area contributed by atoms with Gasteiger partial charge >= 0.3 is 11.3 Å². The Bertz CT molecular complexity index is 1550. The number of benzene rings is 3. The molecule has 5 rings (SSSR count). The SMILES string of the molecule is O=c1cc(-c2ccccc2)c2cccc(-c3cc4cc(Br)cc(Br)c4oc3=O)c2o1. The van der Waals surface area contributed by atoms with E-state index in [1.54, 1.807) is 12.1 Å². The zero-order chi connectivity index (χ0) is 20.8. The second-order valence-electron chi connectivity index (χ2n) is 6.78. The quantitative estimate of drug-likeness (QED) is 0.240. The van der Waals surface area contributed by atoms with Crippen molar-refractivity contribution in [1.29, 1.82) is 0 Å². The lowest BCUT2D eigenvalue weighted by Crippen LogP contribution is -2.05. The third-order valence-corrected chi connectivity index (χ3v) is 5.94. The normalized spacial score (nSPS) is 11.3. The standard InChI is InChI=1S/C24H12Br2O4/c25-15-9-14-10-19(24(28)30-22(14)20(26)11-15)17-8-4-7-16-18(12-21(27)29-23(16)17)13-5-2-1-3-6-13/h1-12H. The van der Waals surface area contributed by atoms with Gasteiger partial charge in [-0.05, 0) is 45.3 Å². The minimum Gasteiger partial charge on any atom is -0.422 e. The maximum Gasteiger partial charge on any atom is 0.344 e. The maximum atomic E-state index is 12.8. The van der Waals surface area contributed by atoms with E-state index in [0.29, 0.717) is 26.8 Å². The van der Waals surface area contributed by atoms with Gasteiger partial charge in [0.1, 0.15) is 5.58 Å². The first kappa shape index (κ1) is 19.0. The first-order valence-corrected chi connectivity index (χ1v) is 10.7. The number of hydrogen-bond acceptors (Lipinski definition) is 4. The van der Waals surface area contributed by atoms with Crippen molar-refractivity contribution >= 4 is 53.8 Å². The Morgan fingerprint density at radius 3 is 2.27 bits per heavy atom. The van der Waals surface area contributed by atoms with Crippen LogP contribution in [0.4, 0.5) is 0 Å². The van der Waals surface area contributed by atoms with Gasteiger partial charge in [0.15, 0.2) is 5.58 Å². The van der Waals surface area contributed by atoms with Crippen molar-refractivity contribution < 1.29 is 8.83 Å². The molecule has 146 valence electrons. The smallest absolute Gasteiger partial charge is 0.344 e. The van der Waals surface area contributed by atoms with Gasteiger partial charge in [0.05, 0.1) is 10.0 Å². The van der Waals surface area contributed by atoms with Crippen LogP contribution in [-0.4, -0.2) is 0 Å². The molecule has 5 aromatic rings. The molecule has 30 heavy (non-hydrogen) atoms. The van der Waals surface area contributed by atoms with Crippen molar-refractivity contribution in [3.05, 3.63) is 103 Å². The molecule has 3 aromatic carbocycles. The van der Waals surface area contributed by atoms with Crippen molar-refractivity contribution in [2.75, 3.05) is 0 Å². The summed E-state index contributed by atoms with van der Waals surface area (Å²) < 4.78 is 12.7. The van der Waals surface area contributed by atoms with Gasteiger partial charge in [0.2, 0.25) is 0 Å². The zero-order valence-corrected chi connectivity index (χ0v) is 18.5. The summed E-state index contributed by atoms with van der Waals surface area (Å²) in [5, 5.41) is 1.48. The molecule has 2 heterocycles. The Kier molecular flexibility index (Phi) is 4.68. The fourth-order valence-electron chi connectivity index (χ4n) is 3.60. The predicted octanol–water partition coefficient (Wildman–Crippen LogP) is 6.76. The lowest BCUT2D eigenvalue weighted by molar-refractivity contribution is 0.555. The van der Waals surface area contributed by atoms with E-state index >= 15 is 0 Å². The average Bonchev–Trinajstić information content (AvgIpc) is 2.74. The Hall–Kier alpha value is -2.96. The van der Waals surface area contributed by atoms with E-state index in [0.717, 1.165) is 26.4 Å². The summed E-state index contributed by atoms with van der Waals surface area (Å²) in [4.78, 5) is 25.2. The minimum absolute atomic E-state index is 0.325. The molecule has 0 aliphatic rings. The van der Waals surface area contributed by atoms with Crippen LogP contribution in [0.15, 0.2) is 100 Å². The molecule has 0 spiro atoms. The molecular formula is C24H12Br2O4. The molecule has 0 aliphatic heterocycles. The summed E-state index contributed by atoms with van der Waals surface area (Å²) in [6, 6.07) is 22.0. The van der Waals surface area contributed by atoms with Crippen LogP contribution >= 0.6 is 31.9 Å². The molecule has 0 aliphatic carbocycles. The number of halogens is 2. The van der Waals surface area contributed by atoms with Crippen molar-refractivity contribution in [3.63, 3.8) is 0 Å². The van der Waals surface area contributed by atoms with Gasteiger partial charge in [0.25, 0.3) is 0 Å². The van der Waals surface area contributed by atoms with Gasteiger partial charge in [0, 0.05) is 26.9 Å². The largest absolute Gasteiger partial charge is 0.422 e. The van der Waals surface area contributed by atoms with Crippen molar-refractivity contribution in [2.24, 2.45) is 0 Å². The van der Waals surface area contributed by atoms with E-state index in [4.69, 9.17) is 8.83 Å². The van der Waals surface area contributed by atoms with Crippen molar-refractivity contribution in [1.82, 2.24) is 0 Å². The Morgan fingerprint density at radius 2 is 1.47 bits per heavy atom. The van der Waals surface area contributed by atoms with Crippen molar-refractivity contribution in [3.8, 4) is 22.3 Å². The van der Waals surface area contributed by atoms with Gasteiger partial charge in [-0.2, -0.15) is 0 Å². The molecule has 2 aromatic heterocycles. The molecule has 0 N–H and O–H groups in total. The third kappa shape index (κ3) is 3.22. The van der Waals surface area contributed by atoms with Gasteiger partial charge in [-0.1, -0.05) is 64.5 Å². The molecule has 0 saturated heterocycles. The Balaban J connectivity index is 1.85. The number of para-hydroxylation sites is 1. The number of hydrogen-bond donors (Lipinski definition) is 0. The predicted molar refractivity (Wildman–Crippen MR) is 125 cm³/mol.